The van der Waals surface area contributed by atoms with E-state index in [-0.39, 0.29) is 11.9 Å². The van der Waals surface area contributed by atoms with E-state index in [1.807, 2.05) is 6.07 Å². The van der Waals surface area contributed by atoms with Gasteiger partial charge in [0.2, 0.25) is 5.75 Å². The molecule has 0 aliphatic carbocycles. The SMILES string of the molecule is COc1c(O)ccc2c1OCCC1C2OCCN1CCN(C)C. The first-order valence-electron chi connectivity index (χ1n) is 8.15. The number of nitrogens with zero attached hydrogens (tertiary/aromatic N) is 2. The minimum absolute atomic E-state index is 0.0436. The quantitative estimate of drug-likeness (QED) is 0.906. The Bertz CT molecular complexity index is 550. The van der Waals surface area contributed by atoms with Crippen LogP contribution in [0, 0.1) is 0 Å². The first kappa shape index (κ1) is 16.4. The third kappa shape index (κ3) is 3.24. The minimum Gasteiger partial charge on any atom is -0.504 e. The maximum atomic E-state index is 9.99. The number of hydrogen-bond donors (Lipinski definition) is 1. The van der Waals surface area contributed by atoms with Crippen LogP contribution < -0.4 is 9.47 Å². The molecule has 0 radical (unpaired) electrons. The number of hydrogen-bond acceptors (Lipinski definition) is 6. The van der Waals surface area contributed by atoms with Crippen molar-refractivity contribution in [3.63, 3.8) is 0 Å². The van der Waals surface area contributed by atoms with Crippen LogP contribution in [0.5, 0.6) is 17.2 Å². The summed E-state index contributed by atoms with van der Waals surface area (Å²) < 4.78 is 17.3. The van der Waals surface area contributed by atoms with Crippen molar-refractivity contribution in [3.05, 3.63) is 17.7 Å². The van der Waals surface area contributed by atoms with Gasteiger partial charge in [-0.3, -0.25) is 4.90 Å². The van der Waals surface area contributed by atoms with E-state index in [1.54, 1.807) is 13.2 Å². The Hall–Kier alpha value is -1.50. The first-order chi connectivity index (χ1) is 11.1. The molecule has 0 bridgehead atoms. The second-order valence-corrected chi connectivity index (χ2v) is 6.37. The molecule has 2 aliphatic rings. The Morgan fingerprint density at radius 2 is 2.17 bits per heavy atom. The Balaban J connectivity index is 1.90. The number of morpholine rings is 1. The topological polar surface area (TPSA) is 54.4 Å². The summed E-state index contributed by atoms with van der Waals surface area (Å²) in [6.45, 7) is 4.28. The molecule has 1 saturated heterocycles. The summed E-state index contributed by atoms with van der Waals surface area (Å²) in [5.41, 5.74) is 0.969. The van der Waals surface area contributed by atoms with Crippen molar-refractivity contribution in [1.82, 2.24) is 9.80 Å². The van der Waals surface area contributed by atoms with Gasteiger partial charge in [0.1, 0.15) is 6.10 Å². The third-order valence-electron chi connectivity index (χ3n) is 4.62. The lowest BCUT2D eigenvalue weighted by atomic mass is 9.96. The predicted molar refractivity (Wildman–Crippen MR) is 87.4 cm³/mol. The molecule has 3 rings (SSSR count). The highest BCUT2D eigenvalue weighted by molar-refractivity contribution is 5.56. The number of phenolic OH excluding ortho intramolecular Hbond substituents is 1. The molecule has 6 nitrogen and oxygen atoms in total. The number of fused-ring (bicyclic) bond motifs is 3. The molecular formula is C17H26N2O4. The lowest BCUT2D eigenvalue weighted by molar-refractivity contribution is -0.0753. The molecule has 0 amide bonds. The Labute approximate surface area is 137 Å². The highest BCUT2D eigenvalue weighted by atomic mass is 16.5. The molecule has 0 saturated carbocycles. The maximum absolute atomic E-state index is 9.99. The highest BCUT2D eigenvalue weighted by Crippen LogP contribution is 2.46. The average Bonchev–Trinajstić information content (AvgIpc) is 2.72. The lowest BCUT2D eigenvalue weighted by Gasteiger charge is -2.40. The number of ether oxygens (including phenoxy) is 3. The van der Waals surface area contributed by atoms with E-state index in [0.717, 1.165) is 31.6 Å². The summed E-state index contributed by atoms with van der Waals surface area (Å²) in [5, 5.41) is 9.99. The zero-order chi connectivity index (χ0) is 16.4. The van der Waals surface area contributed by atoms with E-state index in [9.17, 15) is 5.11 Å². The number of likely N-dealkylation sites (N-methyl/N-ethyl adjacent to an activating group) is 1. The molecule has 1 aromatic rings. The number of phenols is 1. The van der Waals surface area contributed by atoms with E-state index >= 15 is 0 Å². The number of benzene rings is 1. The van der Waals surface area contributed by atoms with Gasteiger partial charge in [-0.15, -0.1) is 0 Å². The van der Waals surface area contributed by atoms with Crippen molar-refractivity contribution >= 4 is 0 Å². The molecule has 1 aromatic carbocycles. The van der Waals surface area contributed by atoms with Crippen LogP contribution >= 0.6 is 0 Å². The number of aromatic hydroxyl groups is 1. The molecule has 23 heavy (non-hydrogen) atoms. The minimum atomic E-state index is -0.0436. The van der Waals surface area contributed by atoms with Crippen molar-refractivity contribution < 1.29 is 19.3 Å². The fourth-order valence-corrected chi connectivity index (χ4v) is 3.42. The second-order valence-electron chi connectivity index (χ2n) is 6.37. The first-order valence-corrected chi connectivity index (χ1v) is 8.15. The standard InChI is InChI=1S/C17H26N2O4/c1-18(2)7-8-19-9-11-23-15-12-4-5-14(20)17(21-3)16(12)22-10-6-13(15)19/h4-5,13,15,20H,6-11H2,1-3H3. The summed E-state index contributed by atoms with van der Waals surface area (Å²) in [6, 6.07) is 3.84. The molecule has 6 heteroatoms. The second kappa shape index (κ2) is 6.95. The van der Waals surface area contributed by atoms with Crippen molar-refractivity contribution in [2.45, 2.75) is 18.6 Å². The summed E-state index contributed by atoms with van der Waals surface area (Å²) in [4.78, 5) is 4.69. The average molecular weight is 322 g/mol. The van der Waals surface area contributed by atoms with E-state index in [4.69, 9.17) is 14.2 Å². The van der Waals surface area contributed by atoms with Crippen LogP contribution in [0.4, 0.5) is 0 Å². The van der Waals surface area contributed by atoms with Gasteiger partial charge in [0.15, 0.2) is 11.5 Å². The summed E-state index contributed by atoms with van der Waals surface area (Å²) in [6.07, 6.45) is 0.856. The van der Waals surface area contributed by atoms with Crippen molar-refractivity contribution in [2.75, 3.05) is 54.1 Å². The fraction of sp³-hybridized carbons (Fsp3) is 0.647. The molecule has 0 spiro atoms. The Kier molecular flexibility index (Phi) is 4.94. The molecule has 2 atom stereocenters. The highest BCUT2D eigenvalue weighted by Gasteiger charge is 2.38. The summed E-state index contributed by atoms with van der Waals surface area (Å²) in [5.74, 6) is 1.12. The number of rotatable bonds is 4. The van der Waals surface area contributed by atoms with Crippen LogP contribution in [0.2, 0.25) is 0 Å². The fourth-order valence-electron chi connectivity index (χ4n) is 3.42. The molecule has 0 aromatic heterocycles. The molecule has 2 aliphatic heterocycles. The Morgan fingerprint density at radius 3 is 2.91 bits per heavy atom. The molecule has 2 heterocycles. The lowest BCUT2D eigenvalue weighted by Crippen LogP contribution is -2.49. The van der Waals surface area contributed by atoms with Gasteiger partial charge in [-0.25, -0.2) is 0 Å². The monoisotopic (exact) mass is 322 g/mol. The van der Waals surface area contributed by atoms with E-state index in [0.29, 0.717) is 30.8 Å². The van der Waals surface area contributed by atoms with Crippen molar-refractivity contribution in [1.29, 1.82) is 0 Å². The van der Waals surface area contributed by atoms with Gasteiger partial charge >= 0.3 is 0 Å². The summed E-state index contributed by atoms with van der Waals surface area (Å²) in [7, 11) is 5.74. The van der Waals surface area contributed by atoms with Gasteiger partial charge in [0.25, 0.3) is 0 Å². The van der Waals surface area contributed by atoms with Crippen molar-refractivity contribution in [3.8, 4) is 17.2 Å². The molecule has 1 N–H and O–H groups in total. The van der Waals surface area contributed by atoms with Crippen LogP contribution in [0.15, 0.2) is 12.1 Å². The van der Waals surface area contributed by atoms with Gasteiger partial charge in [-0.2, -0.15) is 0 Å². The van der Waals surface area contributed by atoms with Crippen molar-refractivity contribution in [2.24, 2.45) is 0 Å². The summed E-state index contributed by atoms with van der Waals surface area (Å²) >= 11 is 0. The molecule has 1 fully saturated rings. The van der Waals surface area contributed by atoms with Crippen LogP contribution in [-0.2, 0) is 4.74 Å². The zero-order valence-corrected chi connectivity index (χ0v) is 14.1. The largest absolute Gasteiger partial charge is 0.504 e. The zero-order valence-electron chi connectivity index (χ0n) is 14.1. The molecule has 2 unspecified atom stereocenters. The number of methoxy groups -OCH3 is 1. The molecular weight excluding hydrogens is 296 g/mol. The van der Waals surface area contributed by atoms with Gasteiger partial charge in [0.05, 0.1) is 20.3 Å². The van der Waals surface area contributed by atoms with Crippen LogP contribution in [-0.4, -0.2) is 75.0 Å². The van der Waals surface area contributed by atoms with Crippen LogP contribution in [0.1, 0.15) is 18.1 Å². The van der Waals surface area contributed by atoms with Crippen LogP contribution in [0.25, 0.3) is 0 Å². The van der Waals surface area contributed by atoms with Gasteiger partial charge in [-0.1, -0.05) is 0 Å². The smallest absolute Gasteiger partial charge is 0.203 e. The molecule has 128 valence electrons. The van der Waals surface area contributed by atoms with Crippen LogP contribution in [0.3, 0.4) is 0 Å². The van der Waals surface area contributed by atoms with E-state index in [1.165, 1.54) is 0 Å². The third-order valence-corrected chi connectivity index (χ3v) is 4.62. The van der Waals surface area contributed by atoms with Gasteiger partial charge in [-0.05, 0) is 32.6 Å². The Morgan fingerprint density at radius 1 is 1.35 bits per heavy atom. The van der Waals surface area contributed by atoms with Gasteiger partial charge in [0, 0.05) is 31.2 Å². The van der Waals surface area contributed by atoms with E-state index in [2.05, 4.69) is 23.9 Å². The van der Waals surface area contributed by atoms with E-state index < -0.39 is 0 Å². The normalized spacial score (nSPS) is 24.5. The predicted octanol–water partition coefficient (Wildman–Crippen LogP) is 1.49. The van der Waals surface area contributed by atoms with Gasteiger partial charge < -0.3 is 24.2 Å². The maximum Gasteiger partial charge on any atom is 0.203 e.